The number of hydrogen-bond acceptors (Lipinski definition) is 3. The van der Waals surface area contributed by atoms with E-state index in [0.717, 1.165) is 17.7 Å². The molecule has 0 bridgehead atoms. The third-order valence-electron chi connectivity index (χ3n) is 3.70. The Morgan fingerprint density at radius 2 is 1.83 bits per heavy atom. The lowest BCUT2D eigenvalue weighted by molar-refractivity contribution is -0.117. The van der Waals surface area contributed by atoms with Crippen LogP contribution in [0, 0.1) is 0 Å². The summed E-state index contributed by atoms with van der Waals surface area (Å²) in [5.41, 5.74) is 3.11. The number of rotatable bonds is 9. The Kier molecular flexibility index (Phi) is 7.21. The number of para-hydroxylation sites is 1. The zero-order chi connectivity index (χ0) is 17.2. The third kappa shape index (κ3) is 5.65. The molecular formula is C20H24N2O2. The van der Waals surface area contributed by atoms with Crippen LogP contribution in [0.15, 0.2) is 67.3 Å². The number of anilines is 1. The molecule has 0 spiro atoms. The van der Waals surface area contributed by atoms with Crippen LogP contribution in [-0.4, -0.2) is 42.2 Å². The first-order valence-electron chi connectivity index (χ1n) is 8.08. The van der Waals surface area contributed by atoms with Crippen molar-refractivity contribution in [1.29, 1.82) is 0 Å². The lowest BCUT2D eigenvalue weighted by Crippen LogP contribution is -2.35. The molecule has 2 N–H and O–H groups in total. The fourth-order valence-electron chi connectivity index (χ4n) is 2.56. The van der Waals surface area contributed by atoms with Gasteiger partial charge in [0.25, 0.3) is 0 Å². The van der Waals surface area contributed by atoms with Gasteiger partial charge in [0.15, 0.2) is 0 Å². The van der Waals surface area contributed by atoms with E-state index in [1.807, 2.05) is 47.4 Å². The molecule has 0 saturated carbocycles. The van der Waals surface area contributed by atoms with Gasteiger partial charge in [-0.25, -0.2) is 0 Å². The zero-order valence-electron chi connectivity index (χ0n) is 13.8. The fourth-order valence-corrected chi connectivity index (χ4v) is 2.56. The number of hydrogen-bond donors (Lipinski definition) is 2. The van der Waals surface area contributed by atoms with Crippen LogP contribution in [0.25, 0.3) is 0 Å². The van der Waals surface area contributed by atoms with E-state index in [4.69, 9.17) is 5.11 Å². The van der Waals surface area contributed by atoms with Crippen LogP contribution in [0.5, 0.6) is 0 Å². The van der Waals surface area contributed by atoms with Gasteiger partial charge in [0.05, 0.1) is 13.2 Å². The summed E-state index contributed by atoms with van der Waals surface area (Å²) in [6.07, 6.45) is 2.50. The van der Waals surface area contributed by atoms with Crippen LogP contribution in [0.4, 0.5) is 5.69 Å². The number of nitrogens with zero attached hydrogens (tertiary/aromatic N) is 1. The smallest absolute Gasteiger partial charge is 0.238 e. The summed E-state index contributed by atoms with van der Waals surface area (Å²) in [4.78, 5) is 14.2. The van der Waals surface area contributed by atoms with Crippen molar-refractivity contribution >= 4 is 11.6 Å². The van der Waals surface area contributed by atoms with Gasteiger partial charge in [-0.15, -0.1) is 6.58 Å². The topological polar surface area (TPSA) is 52.6 Å². The Balaban J connectivity index is 2.03. The first-order chi connectivity index (χ1) is 11.7. The number of carbonyl (C=O) groups excluding carboxylic acids is 1. The Morgan fingerprint density at radius 1 is 1.12 bits per heavy atom. The highest BCUT2D eigenvalue weighted by Gasteiger charge is 2.11. The van der Waals surface area contributed by atoms with E-state index in [1.165, 1.54) is 5.56 Å². The molecule has 0 unspecified atom stereocenters. The molecule has 0 heterocycles. The van der Waals surface area contributed by atoms with Crippen LogP contribution in [0.3, 0.4) is 0 Å². The molecule has 1 amide bonds. The standard InChI is InChI=1S/C20H24N2O2/c1-2-12-22(13-14-23)16-20(24)21-19-11-7-6-10-18(19)15-17-8-4-3-5-9-17/h2-11,23H,1,12-16H2,(H,21,24). The number of benzene rings is 2. The van der Waals surface area contributed by atoms with E-state index in [9.17, 15) is 4.79 Å². The van der Waals surface area contributed by atoms with E-state index >= 15 is 0 Å². The van der Waals surface area contributed by atoms with Gasteiger partial charge in [0.2, 0.25) is 5.91 Å². The highest BCUT2D eigenvalue weighted by molar-refractivity contribution is 5.93. The van der Waals surface area contributed by atoms with Gasteiger partial charge in [-0.2, -0.15) is 0 Å². The lowest BCUT2D eigenvalue weighted by Gasteiger charge is -2.19. The van der Waals surface area contributed by atoms with Crippen molar-refractivity contribution in [1.82, 2.24) is 4.90 Å². The van der Waals surface area contributed by atoms with Crippen molar-refractivity contribution in [2.75, 3.05) is 31.6 Å². The minimum absolute atomic E-state index is 0.0196. The van der Waals surface area contributed by atoms with E-state index in [2.05, 4.69) is 24.0 Å². The molecule has 4 nitrogen and oxygen atoms in total. The van der Waals surface area contributed by atoms with Crippen molar-refractivity contribution in [2.45, 2.75) is 6.42 Å². The van der Waals surface area contributed by atoms with E-state index in [-0.39, 0.29) is 19.1 Å². The van der Waals surface area contributed by atoms with Crippen molar-refractivity contribution in [2.24, 2.45) is 0 Å². The SMILES string of the molecule is C=CCN(CCO)CC(=O)Nc1ccccc1Cc1ccccc1. The molecule has 0 radical (unpaired) electrons. The van der Waals surface area contributed by atoms with Crippen LogP contribution in [0.2, 0.25) is 0 Å². The van der Waals surface area contributed by atoms with Gasteiger partial charge in [-0.05, 0) is 23.6 Å². The minimum atomic E-state index is -0.0918. The molecule has 0 aliphatic heterocycles. The van der Waals surface area contributed by atoms with Gasteiger partial charge in [0, 0.05) is 18.8 Å². The average Bonchev–Trinajstić information content (AvgIpc) is 2.58. The summed E-state index contributed by atoms with van der Waals surface area (Å²) in [5.74, 6) is -0.0918. The first kappa shape index (κ1) is 17.9. The van der Waals surface area contributed by atoms with E-state index < -0.39 is 0 Å². The Morgan fingerprint density at radius 3 is 2.54 bits per heavy atom. The highest BCUT2D eigenvalue weighted by Crippen LogP contribution is 2.19. The van der Waals surface area contributed by atoms with E-state index in [1.54, 1.807) is 6.08 Å². The normalized spacial score (nSPS) is 10.6. The Labute approximate surface area is 143 Å². The average molecular weight is 324 g/mol. The van der Waals surface area contributed by atoms with Crippen LogP contribution < -0.4 is 5.32 Å². The zero-order valence-corrected chi connectivity index (χ0v) is 13.8. The second kappa shape index (κ2) is 9.65. The highest BCUT2D eigenvalue weighted by atomic mass is 16.3. The van der Waals surface area contributed by atoms with Gasteiger partial charge in [0.1, 0.15) is 0 Å². The summed E-state index contributed by atoms with van der Waals surface area (Å²) < 4.78 is 0. The van der Waals surface area contributed by atoms with Crippen molar-refractivity contribution < 1.29 is 9.90 Å². The predicted molar refractivity (Wildman–Crippen MR) is 98.0 cm³/mol. The summed E-state index contributed by atoms with van der Waals surface area (Å²) in [6.45, 7) is 4.95. The predicted octanol–water partition coefficient (Wildman–Crippen LogP) is 2.70. The molecule has 4 heteroatoms. The molecule has 2 aromatic carbocycles. The molecule has 126 valence electrons. The maximum absolute atomic E-state index is 12.3. The number of carbonyl (C=O) groups is 1. The number of aliphatic hydroxyl groups is 1. The summed E-state index contributed by atoms with van der Waals surface area (Å²) in [7, 11) is 0. The lowest BCUT2D eigenvalue weighted by atomic mass is 10.0. The van der Waals surface area contributed by atoms with Crippen molar-refractivity contribution in [3.05, 3.63) is 78.4 Å². The number of aliphatic hydroxyl groups excluding tert-OH is 1. The number of amides is 1. The molecule has 0 aromatic heterocycles. The van der Waals surface area contributed by atoms with Gasteiger partial charge < -0.3 is 10.4 Å². The van der Waals surface area contributed by atoms with Crippen molar-refractivity contribution in [3.63, 3.8) is 0 Å². The van der Waals surface area contributed by atoms with Crippen molar-refractivity contribution in [3.8, 4) is 0 Å². The molecule has 24 heavy (non-hydrogen) atoms. The molecule has 0 aliphatic rings. The van der Waals surface area contributed by atoms with Crippen LogP contribution >= 0.6 is 0 Å². The molecule has 0 fully saturated rings. The molecule has 0 saturated heterocycles. The minimum Gasteiger partial charge on any atom is -0.395 e. The summed E-state index contributed by atoms with van der Waals surface area (Å²) in [5, 5.41) is 12.0. The fraction of sp³-hybridized carbons (Fsp3) is 0.250. The summed E-state index contributed by atoms with van der Waals surface area (Å²) >= 11 is 0. The van der Waals surface area contributed by atoms with Crippen LogP contribution in [0.1, 0.15) is 11.1 Å². The van der Waals surface area contributed by atoms with Gasteiger partial charge in [-0.3, -0.25) is 9.69 Å². The Hall–Kier alpha value is -2.43. The number of nitrogens with one attached hydrogen (secondary N) is 1. The molecule has 2 rings (SSSR count). The molecule has 2 aromatic rings. The van der Waals surface area contributed by atoms with Gasteiger partial charge >= 0.3 is 0 Å². The second-order valence-corrected chi connectivity index (χ2v) is 5.62. The Bertz CT molecular complexity index is 656. The van der Waals surface area contributed by atoms with E-state index in [0.29, 0.717) is 13.1 Å². The molecular weight excluding hydrogens is 300 g/mol. The maximum Gasteiger partial charge on any atom is 0.238 e. The largest absolute Gasteiger partial charge is 0.395 e. The quantitative estimate of drug-likeness (QED) is 0.697. The third-order valence-corrected chi connectivity index (χ3v) is 3.70. The second-order valence-electron chi connectivity index (χ2n) is 5.62. The first-order valence-corrected chi connectivity index (χ1v) is 8.08. The molecule has 0 atom stereocenters. The maximum atomic E-state index is 12.3. The molecule has 0 aliphatic carbocycles. The van der Waals surface area contributed by atoms with Gasteiger partial charge in [-0.1, -0.05) is 54.6 Å². The summed E-state index contributed by atoms with van der Waals surface area (Å²) in [6, 6.07) is 18.0. The van der Waals surface area contributed by atoms with Crippen LogP contribution in [-0.2, 0) is 11.2 Å². The monoisotopic (exact) mass is 324 g/mol.